The fourth-order valence-corrected chi connectivity index (χ4v) is 5.67. The van der Waals surface area contributed by atoms with E-state index in [0.29, 0.717) is 12.3 Å². The molecule has 4 aromatic rings. The van der Waals surface area contributed by atoms with Crippen LogP contribution in [0.4, 0.5) is 19.0 Å². The van der Waals surface area contributed by atoms with Gasteiger partial charge in [0.1, 0.15) is 11.6 Å². The Balaban J connectivity index is 0.000000232. The minimum Gasteiger partial charge on any atom is -0.404 e. The molecule has 2 aromatic heterocycles. The number of hydrogen-bond acceptors (Lipinski definition) is 6. The van der Waals surface area contributed by atoms with Crippen molar-refractivity contribution in [2.24, 2.45) is 5.92 Å². The molecular formula is C36H43ClF3N3O3. The largest absolute Gasteiger partial charge is 0.573 e. The average molecular weight is 658 g/mol. The van der Waals surface area contributed by atoms with E-state index in [1.54, 1.807) is 6.07 Å². The van der Waals surface area contributed by atoms with Crippen molar-refractivity contribution in [1.82, 2.24) is 9.97 Å². The SMILES string of the molecule is CCC(C)CCc1ccc(OC(F)(F)F)c(Cl)c1.CCCCOC1CCN(c2nc3cc(C(=O)CC)ccc3c3cnccc23)C1. The smallest absolute Gasteiger partial charge is 0.404 e. The number of fused-ring (bicyclic) bond motifs is 3. The molecule has 0 N–H and O–H groups in total. The number of carbonyl (C=O) groups is 1. The van der Waals surface area contributed by atoms with E-state index in [-0.39, 0.29) is 22.7 Å². The number of carbonyl (C=O) groups excluding carboxylic acids is 1. The van der Waals surface area contributed by atoms with Gasteiger partial charge in [0, 0.05) is 60.2 Å². The maximum atomic E-state index is 12.2. The number of unbranched alkanes of at least 4 members (excludes halogenated alkanes) is 1. The number of ketones is 1. The quantitative estimate of drug-likeness (QED) is 0.0858. The fourth-order valence-electron chi connectivity index (χ4n) is 5.42. The lowest BCUT2D eigenvalue weighted by Gasteiger charge is -2.20. The topological polar surface area (TPSA) is 64.6 Å². The van der Waals surface area contributed by atoms with Crippen LogP contribution in [0.15, 0.2) is 54.9 Å². The monoisotopic (exact) mass is 657 g/mol. The zero-order valence-electron chi connectivity index (χ0n) is 27.0. The van der Waals surface area contributed by atoms with Gasteiger partial charge in [-0.2, -0.15) is 0 Å². The number of rotatable bonds is 12. The van der Waals surface area contributed by atoms with Crippen molar-refractivity contribution < 1.29 is 27.4 Å². The maximum Gasteiger partial charge on any atom is 0.573 e. The van der Waals surface area contributed by atoms with E-state index >= 15 is 0 Å². The molecule has 1 aliphatic rings. The molecule has 0 amide bonds. The summed E-state index contributed by atoms with van der Waals surface area (Å²) in [5.74, 6) is 1.35. The van der Waals surface area contributed by atoms with Crippen LogP contribution in [0.3, 0.4) is 0 Å². The number of hydrogen-bond donors (Lipinski definition) is 0. The van der Waals surface area contributed by atoms with Crippen molar-refractivity contribution in [3.63, 3.8) is 0 Å². The van der Waals surface area contributed by atoms with Crippen LogP contribution in [0.2, 0.25) is 5.02 Å². The number of pyridine rings is 2. The van der Waals surface area contributed by atoms with E-state index < -0.39 is 6.36 Å². The molecule has 0 saturated carbocycles. The summed E-state index contributed by atoms with van der Waals surface area (Å²) >= 11 is 5.76. The molecule has 248 valence electrons. The third-order valence-corrected chi connectivity index (χ3v) is 8.66. The molecule has 0 spiro atoms. The van der Waals surface area contributed by atoms with Crippen molar-refractivity contribution in [1.29, 1.82) is 0 Å². The molecule has 3 heterocycles. The summed E-state index contributed by atoms with van der Waals surface area (Å²) in [5.41, 5.74) is 2.50. The summed E-state index contributed by atoms with van der Waals surface area (Å²) in [5, 5.41) is 3.21. The van der Waals surface area contributed by atoms with E-state index in [0.717, 1.165) is 96.8 Å². The Kier molecular flexibility index (Phi) is 12.6. The number of anilines is 1. The number of alkyl halides is 3. The molecular weight excluding hydrogens is 615 g/mol. The van der Waals surface area contributed by atoms with Crippen LogP contribution in [-0.2, 0) is 11.2 Å². The third-order valence-electron chi connectivity index (χ3n) is 8.36. The highest BCUT2D eigenvalue weighted by Gasteiger charge is 2.32. The Morgan fingerprint density at radius 1 is 1.09 bits per heavy atom. The predicted octanol–water partition coefficient (Wildman–Crippen LogP) is 9.99. The standard InChI is InChI=1S/C23H27N3O2.C13H16ClF3O/c1-3-5-12-28-17-9-11-26(15-17)23-19-8-10-24-14-20(19)18-7-6-16(22(27)4-2)13-21(18)25-23;1-3-9(2)4-5-10-6-7-12(11(14)8-10)18-13(15,16)17/h6-8,10,13-14,17H,3-5,9,11-12,15H2,1-2H3;6-9H,3-5H2,1-2H3. The fraction of sp³-hybridized carbons (Fsp3) is 0.472. The van der Waals surface area contributed by atoms with Gasteiger partial charge in [0.05, 0.1) is 16.6 Å². The Bertz CT molecular complexity index is 1610. The van der Waals surface area contributed by atoms with E-state index in [1.807, 2.05) is 43.6 Å². The Hall–Kier alpha value is -3.43. The highest BCUT2D eigenvalue weighted by atomic mass is 35.5. The first-order valence-corrected chi connectivity index (χ1v) is 16.5. The highest BCUT2D eigenvalue weighted by Crippen LogP contribution is 2.34. The van der Waals surface area contributed by atoms with E-state index in [4.69, 9.17) is 21.3 Å². The number of Topliss-reactive ketones (excluding diaryl/α,β-unsaturated/α-hetero) is 1. The lowest BCUT2D eigenvalue weighted by Crippen LogP contribution is -2.24. The van der Waals surface area contributed by atoms with Crippen LogP contribution in [-0.4, -0.2) is 47.9 Å². The zero-order valence-corrected chi connectivity index (χ0v) is 27.8. The molecule has 0 radical (unpaired) electrons. The zero-order chi connectivity index (χ0) is 33.3. The van der Waals surface area contributed by atoms with Crippen LogP contribution < -0.4 is 9.64 Å². The molecule has 6 nitrogen and oxygen atoms in total. The van der Waals surface area contributed by atoms with Crippen LogP contribution in [0.5, 0.6) is 5.75 Å². The van der Waals surface area contributed by atoms with Gasteiger partial charge in [-0.15, -0.1) is 13.2 Å². The molecule has 10 heteroatoms. The molecule has 5 rings (SSSR count). The molecule has 1 saturated heterocycles. The van der Waals surface area contributed by atoms with Crippen LogP contribution in [0.25, 0.3) is 21.7 Å². The average Bonchev–Trinajstić information content (AvgIpc) is 3.52. The predicted molar refractivity (Wildman–Crippen MR) is 179 cm³/mol. The highest BCUT2D eigenvalue weighted by molar-refractivity contribution is 6.32. The van der Waals surface area contributed by atoms with Crippen molar-refractivity contribution in [2.75, 3.05) is 24.6 Å². The summed E-state index contributed by atoms with van der Waals surface area (Å²) in [6, 6.07) is 12.3. The normalized spacial score (nSPS) is 15.6. The van der Waals surface area contributed by atoms with Crippen LogP contribution in [0.1, 0.15) is 82.1 Å². The first-order valence-electron chi connectivity index (χ1n) is 16.1. The Labute approximate surface area is 274 Å². The third kappa shape index (κ3) is 9.55. The van der Waals surface area contributed by atoms with Gasteiger partial charge >= 0.3 is 6.36 Å². The van der Waals surface area contributed by atoms with Crippen molar-refractivity contribution in [3.8, 4) is 5.75 Å². The molecule has 0 bridgehead atoms. The first-order chi connectivity index (χ1) is 22.0. The van der Waals surface area contributed by atoms with Gasteiger partial charge in [-0.25, -0.2) is 4.98 Å². The van der Waals surface area contributed by atoms with Crippen molar-refractivity contribution in [3.05, 3.63) is 71.0 Å². The summed E-state index contributed by atoms with van der Waals surface area (Å²) in [7, 11) is 0. The first kappa shape index (κ1) is 35.4. The molecule has 0 aliphatic carbocycles. The van der Waals surface area contributed by atoms with Gasteiger partial charge in [-0.05, 0) is 61.4 Å². The van der Waals surface area contributed by atoms with Gasteiger partial charge in [-0.1, -0.05) is 70.3 Å². The molecule has 2 aromatic carbocycles. The minimum absolute atomic E-state index is 0.00558. The lowest BCUT2D eigenvalue weighted by molar-refractivity contribution is -0.274. The molecule has 1 fully saturated rings. The second-order valence-electron chi connectivity index (χ2n) is 11.8. The number of aromatic nitrogens is 2. The van der Waals surface area contributed by atoms with E-state index in [1.165, 1.54) is 12.1 Å². The molecule has 46 heavy (non-hydrogen) atoms. The maximum absolute atomic E-state index is 12.2. The van der Waals surface area contributed by atoms with Crippen LogP contribution >= 0.6 is 11.6 Å². The molecule has 1 aliphatic heterocycles. The Morgan fingerprint density at radius 3 is 2.59 bits per heavy atom. The van der Waals surface area contributed by atoms with E-state index in [2.05, 4.69) is 35.4 Å². The second-order valence-corrected chi connectivity index (χ2v) is 12.2. The number of nitrogens with zero attached hydrogens (tertiary/aromatic N) is 3. The van der Waals surface area contributed by atoms with Crippen molar-refractivity contribution >= 4 is 44.9 Å². The second kappa shape index (κ2) is 16.4. The summed E-state index contributed by atoms with van der Waals surface area (Å²) < 4.78 is 46.0. The summed E-state index contributed by atoms with van der Waals surface area (Å²) in [6.45, 7) is 10.9. The number of aryl methyl sites for hydroxylation is 1. The van der Waals surface area contributed by atoms with Crippen molar-refractivity contribution in [2.45, 2.75) is 85.1 Å². The van der Waals surface area contributed by atoms with Gasteiger partial charge in [0.2, 0.25) is 0 Å². The number of ether oxygens (including phenoxy) is 2. The summed E-state index contributed by atoms with van der Waals surface area (Å²) in [6.07, 6.45) is 5.93. The van der Waals surface area contributed by atoms with Gasteiger partial charge in [0.15, 0.2) is 5.78 Å². The summed E-state index contributed by atoms with van der Waals surface area (Å²) in [4.78, 5) is 23.8. The number of halogens is 4. The van der Waals surface area contributed by atoms with Crippen LogP contribution in [0, 0.1) is 5.92 Å². The van der Waals surface area contributed by atoms with E-state index in [9.17, 15) is 18.0 Å². The number of benzene rings is 2. The lowest BCUT2D eigenvalue weighted by atomic mass is 9.99. The Morgan fingerprint density at radius 2 is 1.89 bits per heavy atom. The molecule has 2 atom stereocenters. The molecule has 2 unspecified atom stereocenters. The minimum atomic E-state index is -4.71. The van der Waals surface area contributed by atoms with Gasteiger partial charge in [-0.3, -0.25) is 9.78 Å². The van der Waals surface area contributed by atoms with Gasteiger partial charge < -0.3 is 14.4 Å². The van der Waals surface area contributed by atoms with Gasteiger partial charge in [0.25, 0.3) is 0 Å².